The number of carbonyl (C=O) groups is 4. The number of nitrogens with zero attached hydrogens (tertiary/aromatic N) is 1. The highest BCUT2D eigenvalue weighted by Crippen LogP contribution is 2.51. The predicted molar refractivity (Wildman–Crippen MR) is 122 cm³/mol. The highest BCUT2D eigenvalue weighted by molar-refractivity contribution is 8.00. The zero-order valence-electron chi connectivity index (χ0n) is 18.9. The third kappa shape index (κ3) is 4.99. The molecule has 33 heavy (non-hydrogen) atoms. The van der Waals surface area contributed by atoms with Gasteiger partial charge in [0.05, 0.1) is 17.2 Å². The number of benzene rings is 1. The number of ether oxygens (including phenoxy) is 1. The standard InChI is InChI=1S/C24H29NO7S/c1-14(2)9-10-32-23(30)24(31)19(15(3)22(28)29)13-33-21-18(20(27)25(21)24)12-17(26)11-16-7-5-4-6-8-16/h4-9,15,18-19,21,31H,10-13H2,1-3H3,(H,28,29)/t15-,18+,19+,21+,24+/m0/s1. The van der Waals surface area contributed by atoms with Crippen molar-refractivity contribution in [1.82, 2.24) is 4.90 Å². The van der Waals surface area contributed by atoms with Gasteiger partial charge < -0.3 is 14.9 Å². The zero-order chi connectivity index (χ0) is 24.3. The lowest BCUT2D eigenvalue weighted by atomic mass is 9.79. The summed E-state index contributed by atoms with van der Waals surface area (Å²) in [7, 11) is 0. The average molecular weight is 476 g/mol. The van der Waals surface area contributed by atoms with Gasteiger partial charge >= 0.3 is 11.9 Å². The first-order valence-electron chi connectivity index (χ1n) is 10.8. The summed E-state index contributed by atoms with van der Waals surface area (Å²) in [4.78, 5) is 51.3. The van der Waals surface area contributed by atoms with Crippen LogP contribution in [0.2, 0.25) is 0 Å². The van der Waals surface area contributed by atoms with Gasteiger partial charge in [0.15, 0.2) is 0 Å². The molecule has 1 aromatic carbocycles. The second kappa shape index (κ2) is 10.1. The van der Waals surface area contributed by atoms with Gasteiger partial charge in [-0.2, -0.15) is 0 Å². The van der Waals surface area contributed by atoms with E-state index in [1.807, 2.05) is 44.2 Å². The van der Waals surface area contributed by atoms with Crippen LogP contribution in [0.4, 0.5) is 0 Å². The van der Waals surface area contributed by atoms with Crippen molar-refractivity contribution in [2.24, 2.45) is 17.8 Å². The number of rotatable bonds is 9. The molecule has 0 aromatic heterocycles. The predicted octanol–water partition coefficient (Wildman–Crippen LogP) is 2.25. The van der Waals surface area contributed by atoms with Crippen molar-refractivity contribution in [1.29, 1.82) is 0 Å². The Hall–Kier alpha value is -2.65. The number of aliphatic hydroxyl groups is 1. The molecule has 0 radical (unpaired) electrons. The van der Waals surface area contributed by atoms with Crippen LogP contribution >= 0.6 is 11.8 Å². The van der Waals surface area contributed by atoms with Gasteiger partial charge in [-0.15, -0.1) is 11.8 Å². The Morgan fingerprint density at radius 2 is 1.94 bits per heavy atom. The Labute approximate surface area is 197 Å². The molecule has 9 heteroatoms. The minimum absolute atomic E-state index is 0.00998. The minimum Gasteiger partial charge on any atom is -0.481 e. The van der Waals surface area contributed by atoms with Gasteiger partial charge in [-0.05, 0) is 25.5 Å². The van der Waals surface area contributed by atoms with E-state index >= 15 is 0 Å². The lowest BCUT2D eigenvalue weighted by Gasteiger charge is -2.58. The van der Waals surface area contributed by atoms with Crippen LogP contribution in [0.25, 0.3) is 0 Å². The van der Waals surface area contributed by atoms with Crippen LogP contribution in [0.3, 0.4) is 0 Å². The normalized spacial score (nSPS) is 27.1. The number of allylic oxidation sites excluding steroid dienone is 1. The van der Waals surface area contributed by atoms with Gasteiger partial charge in [0, 0.05) is 24.5 Å². The molecule has 0 saturated carbocycles. The quantitative estimate of drug-likeness (QED) is 0.317. The number of amides is 1. The molecule has 2 heterocycles. The molecule has 2 aliphatic heterocycles. The van der Waals surface area contributed by atoms with Crippen LogP contribution in [-0.4, -0.2) is 62.2 Å². The first-order chi connectivity index (χ1) is 15.6. The molecule has 0 aliphatic carbocycles. The Bertz CT molecular complexity index is 959. The van der Waals surface area contributed by atoms with Gasteiger partial charge in [0.25, 0.3) is 0 Å². The highest BCUT2D eigenvalue weighted by Gasteiger charge is 2.67. The van der Waals surface area contributed by atoms with Gasteiger partial charge in [-0.25, -0.2) is 4.79 Å². The molecule has 5 atom stereocenters. The lowest BCUT2D eigenvalue weighted by molar-refractivity contribution is -0.229. The van der Waals surface area contributed by atoms with Crippen molar-refractivity contribution in [2.75, 3.05) is 12.4 Å². The fourth-order valence-corrected chi connectivity index (χ4v) is 5.99. The maximum absolute atomic E-state index is 13.1. The van der Waals surface area contributed by atoms with E-state index in [4.69, 9.17) is 4.74 Å². The van der Waals surface area contributed by atoms with Crippen LogP contribution < -0.4 is 0 Å². The Balaban J connectivity index is 1.79. The summed E-state index contributed by atoms with van der Waals surface area (Å²) in [5.41, 5.74) is -0.657. The maximum Gasteiger partial charge on any atom is 0.360 e. The molecular weight excluding hydrogens is 446 g/mol. The highest BCUT2D eigenvalue weighted by atomic mass is 32.2. The number of aliphatic carboxylic acids is 1. The largest absolute Gasteiger partial charge is 0.481 e. The molecular formula is C24H29NO7S. The summed E-state index contributed by atoms with van der Waals surface area (Å²) < 4.78 is 5.22. The molecule has 8 nitrogen and oxygen atoms in total. The fraction of sp³-hybridized carbons (Fsp3) is 0.500. The van der Waals surface area contributed by atoms with Gasteiger partial charge in [-0.1, -0.05) is 42.8 Å². The van der Waals surface area contributed by atoms with E-state index in [0.717, 1.165) is 16.0 Å². The summed E-state index contributed by atoms with van der Waals surface area (Å²) in [5.74, 6) is -5.58. The number of esters is 1. The number of carboxylic acids is 1. The number of β-lactam (4-membered cyclic amide) rings is 1. The first-order valence-corrected chi connectivity index (χ1v) is 11.9. The number of hydrogen-bond donors (Lipinski definition) is 2. The van der Waals surface area contributed by atoms with Crippen molar-refractivity contribution < 1.29 is 34.1 Å². The van der Waals surface area contributed by atoms with Gasteiger partial charge in [0.1, 0.15) is 12.4 Å². The van der Waals surface area contributed by atoms with Crippen LogP contribution in [0.5, 0.6) is 0 Å². The Kier molecular flexibility index (Phi) is 7.64. The summed E-state index contributed by atoms with van der Waals surface area (Å²) in [5, 5.41) is 20.4. The molecule has 1 amide bonds. The third-order valence-electron chi connectivity index (χ3n) is 6.18. The van der Waals surface area contributed by atoms with E-state index in [1.165, 1.54) is 18.7 Å². The molecule has 2 fully saturated rings. The Morgan fingerprint density at radius 3 is 2.55 bits per heavy atom. The smallest absolute Gasteiger partial charge is 0.360 e. The molecule has 0 spiro atoms. The van der Waals surface area contributed by atoms with Crippen molar-refractivity contribution in [3.05, 3.63) is 47.5 Å². The van der Waals surface area contributed by atoms with Crippen molar-refractivity contribution in [2.45, 2.75) is 44.7 Å². The molecule has 2 aliphatic rings. The molecule has 2 saturated heterocycles. The first kappa shape index (κ1) is 25.0. The molecule has 3 rings (SSSR count). The zero-order valence-corrected chi connectivity index (χ0v) is 19.7. The summed E-state index contributed by atoms with van der Waals surface area (Å²) in [6, 6.07) is 9.19. The van der Waals surface area contributed by atoms with Crippen LogP contribution in [0.1, 0.15) is 32.8 Å². The summed E-state index contributed by atoms with van der Waals surface area (Å²) >= 11 is 1.29. The number of carbonyl (C=O) groups excluding carboxylic acids is 3. The molecule has 0 unspecified atom stereocenters. The molecule has 2 N–H and O–H groups in total. The lowest BCUT2D eigenvalue weighted by Crippen LogP contribution is -2.77. The van der Waals surface area contributed by atoms with Crippen LogP contribution in [-0.2, 0) is 30.3 Å². The van der Waals surface area contributed by atoms with Crippen molar-refractivity contribution in [3.63, 3.8) is 0 Å². The minimum atomic E-state index is -2.40. The van der Waals surface area contributed by atoms with Gasteiger partial charge in [-0.3, -0.25) is 19.3 Å². The molecule has 1 aromatic rings. The molecule has 0 bridgehead atoms. The number of ketones is 1. The van der Waals surface area contributed by atoms with Crippen molar-refractivity contribution in [3.8, 4) is 0 Å². The number of hydrogen-bond acceptors (Lipinski definition) is 7. The number of carboxylic acid groups (broad SMARTS) is 1. The Morgan fingerprint density at radius 1 is 1.27 bits per heavy atom. The number of fused-ring (bicyclic) bond motifs is 1. The SMILES string of the molecule is CC(C)=CCOC(=O)[C@]1(O)[C@@H]([C@H](C)C(=O)O)CS[C@@H]2[C@H](CC(=O)Cc3ccccc3)C(=O)N21. The fourth-order valence-electron chi connectivity index (χ4n) is 4.21. The maximum atomic E-state index is 13.1. The van der Waals surface area contributed by atoms with E-state index in [9.17, 15) is 29.4 Å². The second-order valence-corrected chi connectivity index (χ2v) is 9.93. The summed E-state index contributed by atoms with van der Waals surface area (Å²) in [6.45, 7) is 4.94. The van der Waals surface area contributed by atoms with E-state index in [0.29, 0.717) is 0 Å². The number of Topliss-reactive ketones (excluding diaryl/α,β-unsaturated/α-hetero) is 1. The molecule has 178 valence electrons. The van der Waals surface area contributed by atoms with E-state index in [-0.39, 0.29) is 31.0 Å². The van der Waals surface area contributed by atoms with Crippen molar-refractivity contribution >= 4 is 35.4 Å². The van der Waals surface area contributed by atoms with E-state index < -0.39 is 46.7 Å². The second-order valence-electron chi connectivity index (χ2n) is 8.78. The monoisotopic (exact) mass is 475 g/mol. The van der Waals surface area contributed by atoms with Crippen LogP contribution in [0, 0.1) is 17.8 Å². The average Bonchev–Trinajstić information content (AvgIpc) is 2.76. The topological polar surface area (TPSA) is 121 Å². The van der Waals surface area contributed by atoms with E-state index in [1.54, 1.807) is 6.08 Å². The van der Waals surface area contributed by atoms with Crippen LogP contribution in [0.15, 0.2) is 42.0 Å². The van der Waals surface area contributed by atoms with Gasteiger partial charge in [0.2, 0.25) is 11.6 Å². The summed E-state index contributed by atoms with van der Waals surface area (Å²) in [6.07, 6.45) is 1.83. The third-order valence-corrected chi connectivity index (χ3v) is 7.61. The van der Waals surface area contributed by atoms with E-state index in [2.05, 4.69) is 0 Å². The number of thioether (sulfide) groups is 1.